The number of allylic oxidation sites excluding steroid dienone is 2. The first-order valence-electron chi connectivity index (χ1n) is 7.88. The van der Waals surface area contributed by atoms with Gasteiger partial charge in [0.25, 0.3) is 0 Å². The van der Waals surface area contributed by atoms with E-state index in [4.69, 9.17) is 4.74 Å². The molecule has 0 saturated heterocycles. The molecular weight excluding hydrogens is 330 g/mol. The van der Waals surface area contributed by atoms with Gasteiger partial charge in [0.05, 0.1) is 6.61 Å². The molecule has 0 atom stereocenters. The van der Waals surface area contributed by atoms with Crippen molar-refractivity contribution in [3.8, 4) is 6.07 Å². The van der Waals surface area contributed by atoms with Crippen LogP contribution >= 0.6 is 11.8 Å². The highest BCUT2D eigenvalue weighted by Crippen LogP contribution is 2.23. The van der Waals surface area contributed by atoms with Crippen LogP contribution in [0.4, 0.5) is 0 Å². The number of nitrogens with zero attached hydrogens (tertiary/aromatic N) is 1. The molecule has 2 aromatic carbocycles. The summed E-state index contributed by atoms with van der Waals surface area (Å²) in [4.78, 5) is 13.3. The van der Waals surface area contributed by atoms with Gasteiger partial charge in [0.2, 0.25) is 0 Å². The van der Waals surface area contributed by atoms with Crippen LogP contribution in [0.2, 0.25) is 0 Å². The van der Waals surface area contributed by atoms with Crippen LogP contribution in [-0.2, 0) is 9.53 Å². The van der Waals surface area contributed by atoms with Crippen LogP contribution in [0.1, 0.15) is 18.1 Å². The first-order chi connectivity index (χ1) is 12.2. The van der Waals surface area contributed by atoms with Crippen LogP contribution in [0.3, 0.4) is 0 Å². The Morgan fingerprint density at radius 1 is 1.16 bits per heavy atom. The maximum atomic E-state index is 12.1. The third-order valence-corrected chi connectivity index (χ3v) is 4.25. The Morgan fingerprint density at radius 3 is 2.40 bits per heavy atom. The Labute approximate surface area is 152 Å². The maximum absolute atomic E-state index is 12.1. The zero-order valence-electron chi connectivity index (χ0n) is 14.2. The summed E-state index contributed by atoms with van der Waals surface area (Å²) in [6.45, 7) is 1.95. The molecule has 0 unspecified atom stereocenters. The molecule has 0 fully saturated rings. The number of carbonyl (C=O) groups is 1. The average molecular weight is 349 g/mol. The van der Waals surface area contributed by atoms with Gasteiger partial charge in [0.1, 0.15) is 11.6 Å². The summed E-state index contributed by atoms with van der Waals surface area (Å²) in [5, 5.41) is 9.47. The van der Waals surface area contributed by atoms with Gasteiger partial charge in [0, 0.05) is 10.5 Å². The largest absolute Gasteiger partial charge is 0.462 e. The van der Waals surface area contributed by atoms with E-state index < -0.39 is 5.97 Å². The molecule has 4 heteroatoms. The molecule has 0 aromatic heterocycles. The van der Waals surface area contributed by atoms with Crippen molar-refractivity contribution in [1.82, 2.24) is 0 Å². The van der Waals surface area contributed by atoms with Crippen LogP contribution in [0.5, 0.6) is 0 Å². The number of hydrogen-bond acceptors (Lipinski definition) is 4. The van der Waals surface area contributed by atoms with Crippen molar-refractivity contribution in [3.63, 3.8) is 0 Å². The SMILES string of the molecule is CCOC(=O)/C(C#N)=C(\C=C\c1ccc(SC)cc1)c1ccccc1. The van der Waals surface area contributed by atoms with Crippen molar-refractivity contribution < 1.29 is 9.53 Å². The van der Waals surface area contributed by atoms with Gasteiger partial charge >= 0.3 is 5.97 Å². The van der Waals surface area contributed by atoms with E-state index in [1.54, 1.807) is 24.8 Å². The number of esters is 1. The van der Waals surface area contributed by atoms with Crippen LogP contribution in [0.15, 0.2) is 71.1 Å². The molecule has 0 saturated carbocycles. The number of benzene rings is 2. The minimum absolute atomic E-state index is 0.00466. The van der Waals surface area contributed by atoms with Gasteiger partial charge in [-0.25, -0.2) is 4.79 Å². The Morgan fingerprint density at radius 2 is 1.84 bits per heavy atom. The lowest BCUT2D eigenvalue weighted by Crippen LogP contribution is -2.08. The number of nitriles is 1. The van der Waals surface area contributed by atoms with Gasteiger partial charge in [-0.1, -0.05) is 54.6 Å². The van der Waals surface area contributed by atoms with E-state index in [2.05, 4.69) is 0 Å². The van der Waals surface area contributed by atoms with Crippen molar-refractivity contribution in [2.45, 2.75) is 11.8 Å². The van der Waals surface area contributed by atoms with E-state index >= 15 is 0 Å². The van der Waals surface area contributed by atoms with E-state index in [0.29, 0.717) is 5.57 Å². The van der Waals surface area contributed by atoms with E-state index in [1.807, 2.05) is 73.0 Å². The van der Waals surface area contributed by atoms with Crippen LogP contribution in [-0.4, -0.2) is 18.8 Å². The fourth-order valence-electron chi connectivity index (χ4n) is 2.26. The lowest BCUT2D eigenvalue weighted by Gasteiger charge is -2.07. The third kappa shape index (κ3) is 5.10. The highest BCUT2D eigenvalue weighted by atomic mass is 32.2. The van der Waals surface area contributed by atoms with Crippen LogP contribution in [0.25, 0.3) is 11.6 Å². The average Bonchev–Trinajstić information content (AvgIpc) is 2.66. The summed E-state index contributed by atoms with van der Waals surface area (Å²) in [6.07, 6.45) is 5.71. The molecule has 0 bridgehead atoms. The number of hydrogen-bond donors (Lipinski definition) is 0. The quantitative estimate of drug-likeness (QED) is 0.243. The smallest absolute Gasteiger partial charge is 0.349 e. The van der Waals surface area contributed by atoms with Crippen LogP contribution in [0, 0.1) is 11.3 Å². The highest BCUT2D eigenvalue weighted by molar-refractivity contribution is 7.98. The second kappa shape index (κ2) is 9.51. The molecule has 0 aliphatic carbocycles. The number of rotatable bonds is 6. The van der Waals surface area contributed by atoms with Crippen molar-refractivity contribution >= 4 is 29.4 Å². The predicted molar refractivity (Wildman–Crippen MR) is 103 cm³/mol. The van der Waals surface area contributed by atoms with Crippen molar-refractivity contribution in [1.29, 1.82) is 5.26 Å². The Balaban J connectivity index is 2.46. The molecule has 126 valence electrons. The third-order valence-electron chi connectivity index (χ3n) is 3.50. The van der Waals surface area contributed by atoms with Gasteiger partial charge in [-0.15, -0.1) is 11.8 Å². The molecule has 0 aliphatic heterocycles. The van der Waals surface area contributed by atoms with E-state index in [9.17, 15) is 10.1 Å². The number of carbonyl (C=O) groups excluding carboxylic acids is 1. The molecule has 0 spiro atoms. The lowest BCUT2D eigenvalue weighted by molar-refractivity contribution is -0.137. The molecular formula is C21H19NO2S. The fourth-order valence-corrected chi connectivity index (χ4v) is 2.66. The van der Waals surface area contributed by atoms with Crippen molar-refractivity contribution in [2.24, 2.45) is 0 Å². The molecule has 0 amide bonds. The summed E-state index contributed by atoms with van der Waals surface area (Å²) >= 11 is 1.68. The lowest BCUT2D eigenvalue weighted by atomic mass is 9.99. The molecule has 2 aromatic rings. The fraction of sp³-hybridized carbons (Fsp3) is 0.143. The molecule has 2 rings (SSSR count). The molecule has 0 aliphatic rings. The number of thioether (sulfide) groups is 1. The van der Waals surface area contributed by atoms with Crippen molar-refractivity contribution in [2.75, 3.05) is 12.9 Å². The molecule has 0 N–H and O–H groups in total. The van der Waals surface area contributed by atoms with Crippen molar-refractivity contribution in [3.05, 3.63) is 77.4 Å². The van der Waals surface area contributed by atoms with Gasteiger partial charge < -0.3 is 4.74 Å². The Hall–Kier alpha value is -2.77. The summed E-state index contributed by atoms with van der Waals surface area (Å²) in [5.74, 6) is -0.605. The summed E-state index contributed by atoms with van der Waals surface area (Å²) in [7, 11) is 0. The number of ether oxygens (including phenoxy) is 1. The zero-order chi connectivity index (χ0) is 18.1. The van der Waals surface area contributed by atoms with Gasteiger partial charge in [-0.05, 0) is 36.4 Å². The van der Waals surface area contributed by atoms with Gasteiger partial charge in [-0.2, -0.15) is 5.26 Å². The molecule has 0 radical (unpaired) electrons. The first kappa shape index (κ1) is 18.6. The Bertz CT molecular complexity index is 815. The van der Waals surface area contributed by atoms with E-state index in [0.717, 1.165) is 11.1 Å². The van der Waals surface area contributed by atoms with Crippen LogP contribution < -0.4 is 0 Å². The second-order valence-corrected chi connectivity index (χ2v) is 5.97. The Kier molecular flexibility index (Phi) is 7.06. The molecule has 3 nitrogen and oxygen atoms in total. The van der Waals surface area contributed by atoms with E-state index in [1.165, 1.54) is 4.90 Å². The molecule has 25 heavy (non-hydrogen) atoms. The minimum atomic E-state index is -0.605. The zero-order valence-corrected chi connectivity index (χ0v) is 15.0. The standard InChI is InChI=1S/C21H19NO2S/c1-3-24-21(23)20(15-22)19(17-7-5-4-6-8-17)14-11-16-9-12-18(25-2)13-10-16/h4-14H,3H2,1-2H3/b14-11+,20-19+. The summed E-state index contributed by atoms with van der Waals surface area (Å²) < 4.78 is 5.02. The summed E-state index contributed by atoms with van der Waals surface area (Å²) in [5.41, 5.74) is 2.34. The van der Waals surface area contributed by atoms with Gasteiger partial charge in [-0.3, -0.25) is 0 Å². The minimum Gasteiger partial charge on any atom is -0.462 e. The monoisotopic (exact) mass is 349 g/mol. The normalized spacial score (nSPS) is 11.7. The predicted octanol–water partition coefficient (Wildman–Crippen LogP) is 4.96. The van der Waals surface area contributed by atoms with E-state index in [-0.39, 0.29) is 12.2 Å². The van der Waals surface area contributed by atoms with Gasteiger partial charge in [0.15, 0.2) is 0 Å². The highest BCUT2D eigenvalue weighted by Gasteiger charge is 2.16. The maximum Gasteiger partial charge on any atom is 0.349 e. The first-order valence-corrected chi connectivity index (χ1v) is 9.11. The topological polar surface area (TPSA) is 50.1 Å². The summed E-state index contributed by atoms with van der Waals surface area (Å²) in [6, 6.07) is 19.4. The molecule has 0 heterocycles. The second-order valence-electron chi connectivity index (χ2n) is 5.09.